The van der Waals surface area contributed by atoms with Gasteiger partial charge < -0.3 is 5.32 Å². The molecule has 0 radical (unpaired) electrons. The predicted octanol–water partition coefficient (Wildman–Crippen LogP) is 4.35. The molecule has 0 saturated heterocycles. The van der Waals surface area contributed by atoms with Crippen LogP contribution in [-0.2, 0) is 4.79 Å². The van der Waals surface area contributed by atoms with Gasteiger partial charge in [-0.15, -0.1) is 0 Å². The van der Waals surface area contributed by atoms with Gasteiger partial charge in [-0.2, -0.15) is 0 Å². The van der Waals surface area contributed by atoms with Crippen molar-refractivity contribution < 1.29 is 9.18 Å². The minimum Gasteiger partial charge on any atom is -0.325 e. The molecular weight excluding hydrogens is 253 g/mol. The molecule has 1 N–H and O–H groups in total. The summed E-state index contributed by atoms with van der Waals surface area (Å²) in [6, 6.07) is 15.6. The van der Waals surface area contributed by atoms with Crippen molar-refractivity contribution in [3.63, 3.8) is 0 Å². The molecule has 20 heavy (non-hydrogen) atoms. The van der Waals surface area contributed by atoms with Crippen LogP contribution in [0.5, 0.6) is 0 Å². The number of carbonyl (C=O) groups excluding carboxylic acids is 1. The largest absolute Gasteiger partial charge is 0.325 e. The summed E-state index contributed by atoms with van der Waals surface area (Å²) in [5.41, 5.74) is 1.48. The average molecular weight is 271 g/mol. The molecule has 0 aliphatic heterocycles. The lowest BCUT2D eigenvalue weighted by Crippen LogP contribution is -2.21. The van der Waals surface area contributed by atoms with Crippen molar-refractivity contribution >= 4 is 11.6 Å². The molecule has 2 aromatic rings. The Morgan fingerprint density at radius 3 is 2.55 bits per heavy atom. The molecule has 0 spiro atoms. The zero-order valence-corrected chi connectivity index (χ0v) is 11.5. The van der Waals surface area contributed by atoms with E-state index in [0.717, 1.165) is 18.4 Å². The van der Waals surface area contributed by atoms with Crippen LogP contribution in [0.3, 0.4) is 0 Å². The average Bonchev–Trinajstić information content (AvgIpc) is 2.45. The van der Waals surface area contributed by atoms with Crippen molar-refractivity contribution in [2.45, 2.75) is 25.7 Å². The lowest BCUT2D eigenvalue weighted by Gasteiger charge is -2.16. The first-order valence-corrected chi connectivity index (χ1v) is 6.82. The summed E-state index contributed by atoms with van der Waals surface area (Å²) in [7, 11) is 0. The van der Waals surface area contributed by atoms with E-state index in [1.54, 1.807) is 12.1 Å². The normalized spacial score (nSPS) is 11.9. The molecule has 0 bridgehead atoms. The molecule has 1 atom stereocenters. The quantitative estimate of drug-likeness (QED) is 0.860. The van der Waals surface area contributed by atoms with Gasteiger partial charge in [0.2, 0.25) is 5.91 Å². The Hall–Kier alpha value is -2.16. The van der Waals surface area contributed by atoms with E-state index < -0.39 is 0 Å². The first kappa shape index (κ1) is 14.3. The molecule has 0 aliphatic rings. The number of carbonyl (C=O) groups is 1. The SMILES string of the molecule is CCCC(C(=O)Nc1cccc(F)c1)c1ccccc1. The van der Waals surface area contributed by atoms with E-state index in [1.165, 1.54) is 12.1 Å². The molecule has 2 nitrogen and oxygen atoms in total. The van der Waals surface area contributed by atoms with Crippen LogP contribution < -0.4 is 5.32 Å². The molecule has 1 amide bonds. The van der Waals surface area contributed by atoms with Gasteiger partial charge in [0, 0.05) is 5.69 Å². The maximum Gasteiger partial charge on any atom is 0.231 e. The van der Waals surface area contributed by atoms with Gasteiger partial charge in [-0.3, -0.25) is 4.79 Å². The molecule has 0 saturated carbocycles. The van der Waals surface area contributed by atoms with Crippen molar-refractivity contribution in [3.05, 3.63) is 66.0 Å². The number of nitrogens with one attached hydrogen (secondary N) is 1. The smallest absolute Gasteiger partial charge is 0.231 e. The number of hydrogen-bond acceptors (Lipinski definition) is 1. The summed E-state index contributed by atoms with van der Waals surface area (Å²) in [5, 5.41) is 2.79. The summed E-state index contributed by atoms with van der Waals surface area (Å²) < 4.78 is 13.1. The van der Waals surface area contributed by atoms with E-state index in [4.69, 9.17) is 0 Å². The van der Waals surface area contributed by atoms with Crippen LogP contribution >= 0.6 is 0 Å². The highest BCUT2D eigenvalue weighted by Crippen LogP contribution is 2.23. The number of benzene rings is 2. The number of halogens is 1. The molecule has 104 valence electrons. The predicted molar refractivity (Wildman–Crippen MR) is 79.1 cm³/mol. The molecule has 3 heteroatoms. The minimum absolute atomic E-state index is 0.0938. The summed E-state index contributed by atoms with van der Waals surface area (Å²) in [5.74, 6) is -0.650. The Morgan fingerprint density at radius 2 is 1.90 bits per heavy atom. The highest BCUT2D eigenvalue weighted by atomic mass is 19.1. The van der Waals surface area contributed by atoms with Crippen molar-refractivity contribution in [2.24, 2.45) is 0 Å². The van der Waals surface area contributed by atoms with Gasteiger partial charge in [0.1, 0.15) is 5.82 Å². The maximum absolute atomic E-state index is 13.1. The monoisotopic (exact) mass is 271 g/mol. The van der Waals surface area contributed by atoms with Crippen LogP contribution in [0.25, 0.3) is 0 Å². The van der Waals surface area contributed by atoms with Gasteiger partial charge in [0.15, 0.2) is 0 Å². The number of rotatable bonds is 5. The van der Waals surface area contributed by atoms with E-state index in [-0.39, 0.29) is 17.6 Å². The molecular formula is C17H18FNO. The summed E-state index contributed by atoms with van der Waals surface area (Å²) >= 11 is 0. The molecule has 0 fully saturated rings. The molecule has 0 aliphatic carbocycles. The van der Waals surface area contributed by atoms with Crippen LogP contribution in [0.2, 0.25) is 0 Å². The van der Waals surface area contributed by atoms with Crippen molar-refractivity contribution in [1.82, 2.24) is 0 Å². The van der Waals surface area contributed by atoms with Crippen LogP contribution in [0.4, 0.5) is 10.1 Å². The van der Waals surface area contributed by atoms with Gasteiger partial charge in [0.05, 0.1) is 5.92 Å². The van der Waals surface area contributed by atoms with Crippen molar-refractivity contribution in [3.8, 4) is 0 Å². The second-order valence-electron chi connectivity index (χ2n) is 4.75. The lowest BCUT2D eigenvalue weighted by molar-refractivity contribution is -0.117. The zero-order valence-electron chi connectivity index (χ0n) is 11.5. The van der Waals surface area contributed by atoms with Gasteiger partial charge in [-0.1, -0.05) is 49.7 Å². The van der Waals surface area contributed by atoms with Gasteiger partial charge >= 0.3 is 0 Å². The van der Waals surface area contributed by atoms with Crippen LogP contribution in [0, 0.1) is 5.82 Å². The topological polar surface area (TPSA) is 29.1 Å². The van der Waals surface area contributed by atoms with Crippen LogP contribution in [-0.4, -0.2) is 5.91 Å². The van der Waals surface area contributed by atoms with E-state index in [2.05, 4.69) is 5.32 Å². The van der Waals surface area contributed by atoms with Gasteiger partial charge in [-0.05, 0) is 30.2 Å². The fourth-order valence-electron chi connectivity index (χ4n) is 2.22. The first-order valence-electron chi connectivity index (χ1n) is 6.82. The van der Waals surface area contributed by atoms with E-state index in [9.17, 15) is 9.18 Å². The van der Waals surface area contributed by atoms with Gasteiger partial charge in [-0.25, -0.2) is 4.39 Å². The summed E-state index contributed by atoms with van der Waals surface area (Å²) in [6.07, 6.45) is 1.68. The lowest BCUT2D eigenvalue weighted by atomic mass is 9.93. The zero-order chi connectivity index (χ0) is 14.4. The Bertz CT molecular complexity index is 568. The standard InChI is InChI=1S/C17H18FNO/c1-2-7-16(13-8-4-3-5-9-13)17(20)19-15-11-6-10-14(18)12-15/h3-6,8-12,16H,2,7H2,1H3,(H,19,20). The van der Waals surface area contributed by atoms with E-state index in [0.29, 0.717) is 5.69 Å². The van der Waals surface area contributed by atoms with Gasteiger partial charge in [0.25, 0.3) is 0 Å². The van der Waals surface area contributed by atoms with E-state index >= 15 is 0 Å². The number of anilines is 1. The van der Waals surface area contributed by atoms with Crippen LogP contribution in [0.15, 0.2) is 54.6 Å². The minimum atomic E-state index is -0.352. The van der Waals surface area contributed by atoms with Crippen molar-refractivity contribution in [1.29, 1.82) is 0 Å². The Kier molecular flexibility index (Phi) is 4.88. The molecule has 1 unspecified atom stereocenters. The second kappa shape index (κ2) is 6.85. The fourth-order valence-corrected chi connectivity index (χ4v) is 2.22. The molecule has 0 aromatic heterocycles. The molecule has 2 rings (SSSR count). The number of amides is 1. The molecule has 0 heterocycles. The third-order valence-electron chi connectivity index (χ3n) is 3.19. The highest BCUT2D eigenvalue weighted by molar-refractivity contribution is 5.95. The third kappa shape index (κ3) is 3.67. The Labute approximate surface area is 118 Å². The van der Waals surface area contributed by atoms with Crippen molar-refractivity contribution in [2.75, 3.05) is 5.32 Å². The third-order valence-corrected chi connectivity index (χ3v) is 3.19. The molecule has 2 aromatic carbocycles. The first-order chi connectivity index (χ1) is 9.70. The van der Waals surface area contributed by atoms with E-state index in [1.807, 2.05) is 37.3 Å². The summed E-state index contributed by atoms with van der Waals surface area (Å²) in [4.78, 5) is 12.4. The second-order valence-corrected chi connectivity index (χ2v) is 4.75. The Balaban J connectivity index is 2.15. The number of hydrogen-bond donors (Lipinski definition) is 1. The fraction of sp³-hybridized carbons (Fsp3) is 0.235. The Morgan fingerprint density at radius 1 is 1.15 bits per heavy atom. The summed E-state index contributed by atoms with van der Waals surface area (Å²) in [6.45, 7) is 2.05. The van der Waals surface area contributed by atoms with Crippen LogP contribution in [0.1, 0.15) is 31.2 Å². The highest BCUT2D eigenvalue weighted by Gasteiger charge is 2.19. The maximum atomic E-state index is 13.1.